The van der Waals surface area contributed by atoms with Crippen LogP contribution in [0.5, 0.6) is 0 Å². The Morgan fingerprint density at radius 1 is 1.06 bits per heavy atom. The highest BCUT2D eigenvalue weighted by Gasteiger charge is 2.40. The Balaban J connectivity index is 1.77. The van der Waals surface area contributed by atoms with Gasteiger partial charge in [-0.3, -0.25) is 4.79 Å². The molecule has 5 nitrogen and oxygen atoms in total. The molecule has 0 bridgehead atoms. The molecule has 2 aromatic rings. The Bertz CT molecular complexity index is 918. The van der Waals surface area contributed by atoms with Crippen molar-refractivity contribution in [3.63, 3.8) is 0 Å². The fourth-order valence-electron chi connectivity index (χ4n) is 3.48. The molecular weight excluding hydrogens is 404 g/mol. The molecule has 0 saturated carbocycles. The second-order valence-corrected chi connectivity index (χ2v) is 14.5. The van der Waals surface area contributed by atoms with E-state index in [0.717, 1.165) is 16.8 Å². The zero-order valence-electron chi connectivity index (χ0n) is 19.5. The smallest absolute Gasteiger partial charge is 0.254 e. The van der Waals surface area contributed by atoms with Gasteiger partial charge in [-0.05, 0) is 41.4 Å². The number of hydrogen-bond donors (Lipinski definition) is 0. The highest BCUT2D eigenvalue weighted by Crippen LogP contribution is 2.37. The number of rotatable bonds is 6. The van der Waals surface area contributed by atoms with E-state index in [-0.39, 0.29) is 17.0 Å². The predicted molar refractivity (Wildman–Crippen MR) is 129 cm³/mol. The van der Waals surface area contributed by atoms with E-state index in [4.69, 9.17) is 9.26 Å². The quantitative estimate of drug-likeness (QED) is 0.436. The summed E-state index contributed by atoms with van der Waals surface area (Å²) in [6, 6.07) is 17.9. The number of hydrogen-bond acceptors (Lipinski definition) is 4. The van der Waals surface area contributed by atoms with Gasteiger partial charge < -0.3 is 14.2 Å². The number of oxime groups is 1. The van der Waals surface area contributed by atoms with Crippen LogP contribution in [0.15, 0.2) is 59.8 Å². The summed E-state index contributed by atoms with van der Waals surface area (Å²) in [5.74, 6) is 0.00439. The molecule has 0 spiro atoms. The standard InChI is InChI=1S/C25H34N2O3Si/c1-25(2,3)31(5,6)30-18-23-16-22(26-29-4)17-27(23)24(28)21-14-12-20(13-15-21)19-10-8-7-9-11-19/h7-15,23H,16-18H2,1-6H3. The lowest BCUT2D eigenvalue weighted by Crippen LogP contribution is -2.46. The van der Waals surface area contributed by atoms with Crippen LogP contribution >= 0.6 is 0 Å². The molecule has 3 rings (SSSR count). The average Bonchev–Trinajstić information content (AvgIpc) is 3.15. The highest BCUT2D eigenvalue weighted by molar-refractivity contribution is 6.74. The molecule has 1 fully saturated rings. The second kappa shape index (κ2) is 9.36. The summed E-state index contributed by atoms with van der Waals surface area (Å²) in [4.78, 5) is 20.2. The van der Waals surface area contributed by atoms with E-state index in [1.807, 2.05) is 47.4 Å². The molecule has 0 radical (unpaired) electrons. The van der Waals surface area contributed by atoms with Crippen molar-refractivity contribution in [3.05, 3.63) is 60.2 Å². The normalized spacial score (nSPS) is 18.5. The molecule has 1 heterocycles. The fraction of sp³-hybridized carbons (Fsp3) is 0.440. The fourth-order valence-corrected chi connectivity index (χ4v) is 4.52. The summed E-state index contributed by atoms with van der Waals surface area (Å²) >= 11 is 0. The van der Waals surface area contributed by atoms with Gasteiger partial charge in [-0.25, -0.2) is 0 Å². The lowest BCUT2D eigenvalue weighted by molar-refractivity contribution is 0.0686. The zero-order valence-corrected chi connectivity index (χ0v) is 20.5. The van der Waals surface area contributed by atoms with E-state index in [0.29, 0.717) is 25.1 Å². The number of benzene rings is 2. The number of carbonyl (C=O) groups excluding carboxylic acids is 1. The first-order chi connectivity index (χ1) is 14.6. The van der Waals surface area contributed by atoms with Gasteiger partial charge in [-0.2, -0.15) is 0 Å². The van der Waals surface area contributed by atoms with Gasteiger partial charge in [0.05, 0.1) is 24.9 Å². The van der Waals surface area contributed by atoms with E-state index < -0.39 is 8.32 Å². The van der Waals surface area contributed by atoms with Crippen LogP contribution in [0, 0.1) is 0 Å². The Morgan fingerprint density at radius 3 is 2.26 bits per heavy atom. The second-order valence-electron chi connectivity index (χ2n) is 9.65. The van der Waals surface area contributed by atoms with Crippen molar-refractivity contribution in [2.24, 2.45) is 5.16 Å². The van der Waals surface area contributed by atoms with Crippen molar-refractivity contribution < 1.29 is 14.1 Å². The number of nitrogens with zero attached hydrogens (tertiary/aromatic N) is 2. The van der Waals surface area contributed by atoms with Crippen LogP contribution in [-0.4, -0.2) is 51.1 Å². The molecule has 1 saturated heterocycles. The maximum absolute atomic E-state index is 13.4. The van der Waals surface area contributed by atoms with Gasteiger partial charge in [-0.1, -0.05) is 68.4 Å². The van der Waals surface area contributed by atoms with Crippen LogP contribution in [0.1, 0.15) is 37.6 Å². The molecule has 166 valence electrons. The summed E-state index contributed by atoms with van der Waals surface area (Å²) in [6.45, 7) is 12.1. The van der Waals surface area contributed by atoms with Gasteiger partial charge >= 0.3 is 0 Å². The summed E-state index contributed by atoms with van der Waals surface area (Å²) in [5.41, 5.74) is 3.78. The number of amides is 1. The van der Waals surface area contributed by atoms with E-state index in [1.54, 1.807) is 7.11 Å². The van der Waals surface area contributed by atoms with Crippen molar-refractivity contribution in [3.8, 4) is 11.1 Å². The van der Waals surface area contributed by atoms with Gasteiger partial charge in [0.2, 0.25) is 0 Å². The summed E-state index contributed by atoms with van der Waals surface area (Å²) < 4.78 is 6.45. The Kier molecular flexibility index (Phi) is 7.02. The van der Waals surface area contributed by atoms with Gasteiger partial charge in [0.25, 0.3) is 5.91 Å². The molecular formula is C25H34N2O3Si. The maximum atomic E-state index is 13.4. The molecule has 2 aromatic carbocycles. The van der Waals surface area contributed by atoms with E-state index >= 15 is 0 Å². The molecule has 1 aliphatic heterocycles. The first-order valence-corrected chi connectivity index (χ1v) is 13.7. The van der Waals surface area contributed by atoms with Crippen LogP contribution < -0.4 is 0 Å². The maximum Gasteiger partial charge on any atom is 0.254 e. The van der Waals surface area contributed by atoms with Crippen molar-refractivity contribution >= 4 is 19.9 Å². The minimum atomic E-state index is -1.91. The zero-order chi connectivity index (χ0) is 22.6. The minimum absolute atomic E-state index is 0.00439. The Morgan fingerprint density at radius 2 is 1.68 bits per heavy atom. The van der Waals surface area contributed by atoms with Gasteiger partial charge in [0, 0.05) is 12.0 Å². The molecule has 6 heteroatoms. The van der Waals surface area contributed by atoms with Crippen molar-refractivity contribution in [2.45, 2.75) is 51.4 Å². The number of likely N-dealkylation sites (tertiary alicyclic amines) is 1. The summed E-state index contributed by atoms with van der Waals surface area (Å²) in [5, 5.41) is 4.25. The molecule has 0 aromatic heterocycles. The first kappa shape index (κ1) is 23.2. The monoisotopic (exact) mass is 438 g/mol. The van der Waals surface area contributed by atoms with Crippen LogP contribution in [0.4, 0.5) is 0 Å². The first-order valence-electron chi connectivity index (χ1n) is 10.8. The summed E-state index contributed by atoms with van der Waals surface area (Å²) in [6.07, 6.45) is 0.677. The van der Waals surface area contributed by atoms with Crippen LogP contribution in [0.3, 0.4) is 0 Å². The van der Waals surface area contributed by atoms with E-state index in [9.17, 15) is 4.79 Å². The third-order valence-electron chi connectivity index (χ3n) is 6.43. The topological polar surface area (TPSA) is 51.1 Å². The minimum Gasteiger partial charge on any atom is -0.415 e. The molecule has 1 aliphatic rings. The van der Waals surface area contributed by atoms with Gasteiger partial charge in [0.1, 0.15) is 7.11 Å². The SMILES string of the molecule is CON=C1CC(CO[Si](C)(C)C(C)(C)C)N(C(=O)c2ccc(-c3ccccc3)cc2)C1. The molecule has 0 aliphatic carbocycles. The van der Waals surface area contributed by atoms with Crippen molar-refractivity contribution in [1.29, 1.82) is 0 Å². The Hall–Kier alpha value is -2.44. The summed E-state index contributed by atoms with van der Waals surface area (Å²) in [7, 11) is -0.368. The van der Waals surface area contributed by atoms with Crippen molar-refractivity contribution in [2.75, 3.05) is 20.3 Å². The molecule has 1 amide bonds. The molecule has 1 unspecified atom stereocenters. The van der Waals surface area contributed by atoms with E-state index in [1.165, 1.54) is 0 Å². The highest BCUT2D eigenvalue weighted by atomic mass is 28.4. The molecule has 1 atom stereocenters. The lowest BCUT2D eigenvalue weighted by atomic mass is 10.0. The third-order valence-corrected chi connectivity index (χ3v) is 10.9. The molecule has 0 N–H and O–H groups in total. The largest absolute Gasteiger partial charge is 0.415 e. The van der Waals surface area contributed by atoms with Crippen LogP contribution in [0.25, 0.3) is 11.1 Å². The lowest BCUT2D eigenvalue weighted by Gasteiger charge is -2.37. The van der Waals surface area contributed by atoms with E-state index in [2.05, 4.69) is 51.2 Å². The Labute approximate surface area is 187 Å². The van der Waals surface area contributed by atoms with Gasteiger partial charge in [0.15, 0.2) is 8.32 Å². The van der Waals surface area contributed by atoms with Gasteiger partial charge in [-0.15, -0.1) is 0 Å². The third kappa shape index (κ3) is 5.43. The predicted octanol–water partition coefficient (Wildman–Crippen LogP) is 5.59. The van der Waals surface area contributed by atoms with Crippen LogP contribution in [-0.2, 0) is 9.26 Å². The number of carbonyl (C=O) groups is 1. The molecule has 31 heavy (non-hydrogen) atoms. The average molecular weight is 439 g/mol. The van der Waals surface area contributed by atoms with Crippen molar-refractivity contribution in [1.82, 2.24) is 4.90 Å². The van der Waals surface area contributed by atoms with Crippen LogP contribution in [0.2, 0.25) is 18.1 Å².